The maximum Gasteiger partial charge on any atom is 0.243 e. The van der Waals surface area contributed by atoms with Crippen molar-refractivity contribution in [1.29, 1.82) is 0 Å². The van der Waals surface area contributed by atoms with Crippen LogP contribution in [0.5, 0.6) is 0 Å². The number of pyridine rings is 1. The summed E-state index contributed by atoms with van der Waals surface area (Å²) in [5.74, 6) is -0.0345. The first-order valence-corrected chi connectivity index (χ1v) is 9.31. The van der Waals surface area contributed by atoms with Gasteiger partial charge in [0, 0.05) is 47.5 Å². The Morgan fingerprint density at radius 3 is 2.67 bits per heavy atom. The molecule has 140 valence electrons. The lowest BCUT2D eigenvalue weighted by Crippen LogP contribution is -2.33. The van der Waals surface area contributed by atoms with Gasteiger partial charge in [0.1, 0.15) is 6.04 Å². The number of para-hydroxylation sites is 1. The molecule has 0 aliphatic heterocycles. The molecule has 0 unspecified atom stereocenters. The number of carbonyl (C=O) groups is 2. The topological polar surface area (TPSA) is 64.0 Å². The molecule has 1 aromatic carbocycles. The number of nitrogens with zero attached hydrogens (tertiary/aromatic N) is 2. The highest BCUT2D eigenvalue weighted by molar-refractivity contribution is 6.07. The minimum atomic E-state index is -0.354. The molecule has 0 saturated carbocycles. The van der Waals surface area contributed by atoms with Crippen molar-refractivity contribution in [2.24, 2.45) is 0 Å². The number of amides is 1. The summed E-state index contributed by atoms with van der Waals surface area (Å²) in [6.07, 6.45) is 4.92. The van der Waals surface area contributed by atoms with Crippen molar-refractivity contribution >= 4 is 22.6 Å². The van der Waals surface area contributed by atoms with Crippen LogP contribution in [0, 0.1) is 6.92 Å². The van der Waals surface area contributed by atoms with Crippen LogP contribution in [-0.4, -0.2) is 27.8 Å². The average Bonchev–Trinajstić information content (AvgIpc) is 3.04. The van der Waals surface area contributed by atoms with Crippen LogP contribution in [0.15, 0.2) is 48.8 Å². The summed E-state index contributed by atoms with van der Waals surface area (Å²) in [6, 6.07) is 11.3. The first kappa shape index (κ1) is 18.8. The molecule has 27 heavy (non-hydrogen) atoms. The van der Waals surface area contributed by atoms with Gasteiger partial charge >= 0.3 is 0 Å². The molecular weight excluding hydrogens is 338 g/mol. The van der Waals surface area contributed by atoms with Crippen LogP contribution < -0.4 is 5.32 Å². The molecule has 5 nitrogen and oxygen atoms in total. The third-order valence-electron chi connectivity index (χ3n) is 4.92. The first-order valence-electron chi connectivity index (χ1n) is 9.31. The van der Waals surface area contributed by atoms with Crippen LogP contribution in [0.25, 0.3) is 10.9 Å². The molecule has 5 heteroatoms. The Bertz CT molecular complexity index is 975. The number of benzene rings is 1. The van der Waals surface area contributed by atoms with E-state index < -0.39 is 0 Å². The number of ketones is 1. The summed E-state index contributed by atoms with van der Waals surface area (Å²) >= 11 is 0. The van der Waals surface area contributed by atoms with E-state index in [4.69, 9.17) is 0 Å². The Kier molecular flexibility index (Phi) is 5.69. The zero-order valence-electron chi connectivity index (χ0n) is 16.0. The van der Waals surface area contributed by atoms with Crippen molar-refractivity contribution in [3.05, 3.63) is 65.6 Å². The van der Waals surface area contributed by atoms with Gasteiger partial charge in [-0.15, -0.1) is 0 Å². The van der Waals surface area contributed by atoms with E-state index in [2.05, 4.69) is 10.3 Å². The third kappa shape index (κ3) is 3.92. The minimum Gasteiger partial charge on any atom is -0.354 e. The SMILES string of the molecule is CC[C@H](C(=O)NCCc1ncccc1C)n1cc(C(C)=O)c2ccccc21. The van der Waals surface area contributed by atoms with Gasteiger partial charge in [-0.3, -0.25) is 14.6 Å². The van der Waals surface area contributed by atoms with Crippen molar-refractivity contribution in [2.45, 2.75) is 39.7 Å². The lowest BCUT2D eigenvalue weighted by molar-refractivity contribution is -0.124. The molecule has 2 heterocycles. The predicted octanol–water partition coefficient (Wildman–Crippen LogP) is 3.86. The number of nitrogens with one attached hydrogen (secondary N) is 1. The van der Waals surface area contributed by atoms with E-state index in [0.717, 1.165) is 22.2 Å². The Morgan fingerprint density at radius 2 is 1.96 bits per heavy atom. The maximum absolute atomic E-state index is 12.8. The van der Waals surface area contributed by atoms with Crippen LogP contribution in [0.3, 0.4) is 0 Å². The molecule has 0 aliphatic carbocycles. The van der Waals surface area contributed by atoms with Crippen molar-refractivity contribution in [3.8, 4) is 0 Å². The number of Topliss-reactive ketones (excluding diaryl/α,β-unsaturated/α-hetero) is 1. The largest absolute Gasteiger partial charge is 0.354 e. The quantitative estimate of drug-likeness (QED) is 0.648. The number of aromatic nitrogens is 2. The molecule has 0 spiro atoms. The van der Waals surface area contributed by atoms with Crippen molar-refractivity contribution in [1.82, 2.24) is 14.9 Å². The van der Waals surface area contributed by atoms with Gasteiger partial charge in [0.2, 0.25) is 5.91 Å². The summed E-state index contributed by atoms with van der Waals surface area (Å²) < 4.78 is 1.92. The predicted molar refractivity (Wildman–Crippen MR) is 107 cm³/mol. The second-order valence-corrected chi connectivity index (χ2v) is 6.76. The molecule has 0 radical (unpaired) electrons. The second-order valence-electron chi connectivity index (χ2n) is 6.76. The van der Waals surface area contributed by atoms with E-state index >= 15 is 0 Å². The van der Waals surface area contributed by atoms with Crippen molar-refractivity contribution in [3.63, 3.8) is 0 Å². The number of aryl methyl sites for hydroxylation is 1. The maximum atomic E-state index is 12.8. The van der Waals surface area contributed by atoms with Crippen LogP contribution in [0.4, 0.5) is 0 Å². The third-order valence-corrected chi connectivity index (χ3v) is 4.92. The molecular formula is C22H25N3O2. The number of hydrogen-bond acceptors (Lipinski definition) is 3. The fourth-order valence-electron chi connectivity index (χ4n) is 3.45. The Hall–Kier alpha value is -2.95. The number of hydrogen-bond donors (Lipinski definition) is 1. The highest BCUT2D eigenvalue weighted by Crippen LogP contribution is 2.26. The Balaban J connectivity index is 1.78. The highest BCUT2D eigenvalue weighted by atomic mass is 16.2. The van der Waals surface area contributed by atoms with Gasteiger partial charge in [0.05, 0.1) is 0 Å². The number of fused-ring (bicyclic) bond motifs is 1. The van der Waals surface area contributed by atoms with Gasteiger partial charge in [-0.1, -0.05) is 31.2 Å². The van der Waals surface area contributed by atoms with E-state index in [1.165, 1.54) is 0 Å². The van der Waals surface area contributed by atoms with Crippen LogP contribution in [-0.2, 0) is 11.2 Å². The summed E-state index contributed by atoms with van der Waals surface area (Å²) in [7, 11) is 0. The van der Waals surface area contributed by atoms with Crippen molar-refractivity contribution in [2.75, 3.05) is 6.54 Å². The summed E-state index contributed by atoms with van der Waals surface area (Å²) in [5, 5.41) is 3.92. The fraction of sp³-hybridized carbons (Fsp3) is 0.318. The van der Waals surface area contributed by atoms with E-state index in [1.807, 2.05) is 61.0 Å². The van der Waals surface area contributed by atoms with E-state index in [-0.39, 0.29) is 17.7 Å². The molecule has 1 amide bonds. The first-order chi connectivity index (χ1) is 13.0. The summed E-state index contributed by atoms with van der Waals surface area (Å²) in [5.41, 5.74) is 3.68. The number of rotatable bonds is 7. The second kappa shape index (κ2) is 8.16. The normalized spacial score (nSPS) is 12.1. The molecule has 0 aliphatic rings. The zero-order chi connectivity index (χ0) is 19.4. The van der Waals surface area contributed by atoms with Gasteiger partial charge in [-0.05, 0) is 38.0 Å². The van der Waals surface area contributed by atoms with Gasteiger partial charge in [0.15, 0.2) is 5.78 Å². The van der Waals surface area contributed by atoms with E-state index in [0.29, 0.717) is 24.9 Å². The molecule has 2 aromatic heterocycles. The molecule has 3 rings (SSSR count). The zero-order valence-corrected chi connectivity index (χ0v) is 16.0. The Morgan fingerprint density at radius 1 is 1.19 bits per heavy atom. The minimum absolute atomic E-state index is 0.00541. The van der Waals surface area contributed by atoms with Crippen molar-refractivity contribution < 1.29 is 9.59 Å². The van der Waals surface area contributed by atoms with Gasteiger partial charge in [-0.25, -0.2) is 0 Å². The monoisotopic (exact) mass is 363 g/mol. The van der Waals surface area contributed by atoms with Crippen LogP contribution in [0.1, 0.15) is 47.9 Å². The molecule has 1 atom stereocenters. The standard InChI is InChI=1S/C22H25N3O2/c1-4-20(22(27)24-13-11-19-15(2)8-7-12-23-19)25-14-18(16(3)26)17-9-5-6-10-21(17)25/h5-10,12,14,20H,4,11,13H2,1-3H3,(H,24,27)/t20-/m1/s1. The fourth-order valence-corrected chi connectivity index (χ4v) is 3.45. The summed E-state index contributed by atoms with van der Waals surface area (Å²) in [6.45, 7) is 6.10. The van der Waals surface area contributed by atoms with E-state index in [1.54, 1.807) is 13.1 Å². The van der Waals surface area contributed by atoms with Gasteiger partial charge in [-0.2, -0.15) is 0 Å². The highest BCUT2D eigenvalue weighted by Gasteiger charge is 2.22. The molecule has 0 saturated heterocycles. The molecule has 0 bridgehead atoms. The van der Waals surface area contributed by atoms with E-state index in [9.17, 15) is 9.59 Å². The average molecular weight is 363 g/mol. The van der Waals surface area contributed by atoms with Crippen LogP contribution in [0.2, 0.25) is 0 Å². The van der Waals surface area contributed by atoms with Crippen LogP contribution >= 0.6 is 0 Å². The molecule has 1 N–H and O–H groups in total. The summed E-state index contributed by atoms with van der Waals surface area (Å²) in [4.78, 5) is 29.2. The lowest BCUT2D eigenvalue weighted by atomic mass is 10.1. The lowest BCUT2D eigenvalue weighted by Gasteiger charge is -2.18. The molecule has 0 fully saturated rings. The van der Waals surface area contributed by atoms with Gasteiger partial charge < -0.3 is 9.88 Å². The smallest absolute Gasteiger partial charge is 0.243 e. The number of carbonyl (C=O) groups excluding carboxylic acids is 2. The Labute approximate surface area is 159 Å². The van der Waals surface area contributed by atoms with Gasteiger partial charge in [0.25, 0.3) is 0 Å². The molecule has 3 aromatic rings.